The van der Waals surface area contributed by atoms with Crippen LogP contribution in [0.2, 0.25) is 0 Å². The van der Waals surface area contributed by atoms with Gasteiger partial charge in [-0.15, -0.1) is 0 Å². The van der Waals surface area contributed by atoms with Crippen LogP contribution in [-0.2, 0) is 4.79 Å². The number of H-pyrrole nitrogens is 1. The van der Waals surface area contributed by atoms with Crippen molar-refractivity contribution in [1.29, 1.82) is 0 Å². The van der Waals surface area contributed by atoms with Crippen molar-refractivity contribution in [3.8, 4) is 0 Å². The number of aromatic nitrogens is 1. The van der Waals surface area contributed by atoms with E-state index in [1.54, 1.807) is 0 Å². The normalized spacial score (nSPS) is 15.2. The minimum Gasteiger partial charge on any atom is -0.349 e. The highest BCUT2D eigenvalue weighted by molar-refractivity contribution is 6.15. The van der Waals surface area contributed by atoms with Gasteiger partial charge >= 0.3 is 0 Å². The van der Waals surface area contributed by atoms with Crippen LogP contribution >= 0.6 is 0 Å². The molecule has 80 valence electrons. The summed E-state index contributed by atoms with van der Waals surface area (Å²) >= 11 is 0. The number of hydrogen-bond donors (Lipinski definition) is 3. The van der Waals surface area contributed by atoms with Crippen LogP contribution in [0.1, 0.15) is 10.5 Å². The number of para-hydroxylation sites is 1. The van der Waals surface area contributed by atoms with Gasteiger partial charge in [-0.2, -0.15) is 0 Å². The molecule has 1 aromatic heterocycles. The van der Waals surface area contributed by atoms with Crippen LogP contribution in [-0.4, -0.2) is 23.3 Å². The summed E-state index contributed by atoms with van der Waals surface area (Å²) < 4.78 is 0. The number of fused-ring (bicyclic) bond motifs is 3. The Morgan fingerprint density at radius 2 is 1.94 bits per heavy atom. The molecular weight excluding hydrogens is 206 g/mol. The molecule has 0 atom stereocenters. The molecule has 0 radical (unpaired) electrons. The predicted molar refractivity (Wildman–Crippen MR) is 59.3 cm³/mol. The maximum atomic E-state index is 11.7. The van der Waals surface area contributed by atoms with E-state index in [-0.39, 0.29) is 18.4 Å². The van der Waals surface area contributed by atoms with Gasteiger partial charge < -0.3 is 15.6 Å². The maximum absolute atomic E-state index is 11.7. The number of nitrogens with one attached hydrogen (secondary N) is 3. The van der Waals surface area contributed by atoms with E-state index in [1.807, 2.05) is 24.3 Å². The Hall–Kier alpha value is -2.30. The van der Waals surface area contributed by atoms with Gasteiger partial charge in [0.25, 0.3) is 5.91 Å². The van der Waals surface area contributed by atoms with Crippen LogP contribution in [0.15, 0.2) is 24.3 Å². The van der Waals surface area contributed by atoms with Gasteiger partial charge in [-0.25, -0.2) is 0 Å². The lowest BCUT2D eigenvalue weighted by atomic mass is 10.2. The molecule has 16 heavy (non-hydrogen) atoms. The number of carbonyl (C=O) groups excluding carboxylic acids is 2. The molecule has 0 unspecified atom stereocenters. The lowest BCUT2D eigenvalue weighted by Crippen LogP contribution is -2.28. The Bertz CT molecular complexity index is 600. The number of anilines is 1. The second-order valence-corrected chi connectivity index (χ2v) is 3.65. The first-order valence-corrected chi connectivity index (χ1v) is 4.94. The second-order valence-electron chi connectivity index (χ2n) is 3.65. The van der Waals surface area contributed by atoms with E-state index in [9.17, 15) is 9.59 Å². The Labute approximate surface area is 90.8 Å². The molecule has 0 bridgehead atoms. The molecule has 1 aliphatic rings. The molecule has 0 saturated heterocycles. The summed E-state index contributed by atoms with van der Waals surface area (Å²) in [6, 6.07) is 7.47. The van der Waals surface area contributed by atoms with E-state index in [2.05, 4.69) is 15.6 Å². The zero-order chi connectivity index (χ0) is 11.1. The number of rotatable bonds is 0. The fourth-order valence-corrected chi connectivity index (χ4v) is 1.87. The van der Waals surface area contributed by atoms with E-state index >= 15 is 0 Å². The maximum Gasteiger partial charge on any atom is 0.270 e. The van der Waals surface area contributed by atoms with E-state index in [0.29, 0.717) is 11.4 Å². The molecule has 2 heterocycles. The minimum atomic E-state index is -0.260. The Balaban J connectivity index is 2.31. The third-order valence-corrected chi connectivity index (χ3v) is 2.61. The van der Waals surface area contributed by atoms with Crippen LogP contribution in [0, 0.1) is 0 Å². The van der Waals surface area contributed by atoms with Crippen molar-refractivity contribution in [3.63, 3.8) is 0 Å². The highest BCUT2D eigenvalue weighted by Crippen LogP contribution is 2.28. The first-order chi connectivity index (χ1) is 7.75. The Morgan fingerprint density at radius 1 is 1.12 bits per heavy atom. The molecule has 0 saturated carbocycles. The lowest BCUT2D eigenvalue weighted by molar-refractivity contribution is -0.115. The molecule has 0 aliphatic carbocycles. The van der Waals surface area contributed by atoms with E-state index in [4.69, 9.17) is 0 Å². The zero-order valence-corrected chi connectivity index (χ0v) is 8.33. The van der Waals surface area contributed by atoms with Crippen molar-refractivity contribution in [3.05, 3.63) is 30.0 Å². The summed E-state index contributed by atoms with van der Waals surface area (Å²) in [6.07, 6.45) is 0. The Kier molecular flexibility index (Phi) is 1.73. The van der Waals surface area contributed by atoms with Crippen molar-refractivity contribution in [2.75, 3.05) is 11.9 Å². The first kappa shape index (κ1) is 8.96. The van der Waals surface area contributed by atoms with Crippen molar-refractivity contribution in [2.45, 2.75) is 0 Å². The molecule has 0 fully saturated rings. The number of amides is 2. The van der Waals surface area contributed by atoms with E-state index in [0.717, 1.165) is 10.9 Å². The summed E-state index contributed by atoms with van der Waals surface area (Å²) in [6.45, 7) is 0.00960. The average molecular weight is 215 g/mol. The van der Waals surface area contributed by atoms with Gasteiger partial charge in [-0.05, 0) is 6.07 Å². The molecular formula is C11H9N3O2. The summed E-state index contributed by atoms with van der Waals surface area (Å²) in [5.74, 6) is -0.471. The van der Waals surface area contributed by atoms with E-state index < -0.39 is 0 Å². The zero-order valence-electron chi connectivity index (χ0n) is 8.33. The van der Waals surface area contributed by atoms with Gasteiger partial charge in [0.15, 0.2) is 0 Å². The predicted octanol–water partition coefficient (Wildman–Crippen LogP) is 0.850. The van der Waals surface area contributed by atoms with Gasteiger partial charge in [-0.1, -0.05) is 18.2 Å². The molecule has 5 heteroatoms. The van der Waals surface area contributed by atoms with Gasteiger partial charge in [0.05, 0.1) is 12.2 Å². The van der Waals surface area contributed by atoms with Crippen LogP contribution in [0.25, 0.3) is 10.9 Å². The number of benzene rings is 1. The minimum absolute atomic E-state index is 0.00960. The fraction of sp³-hybridized carbons (Fsp3) is 0.0909. The topological polar surface area (TPSA) is 74.0 Å². The number of aromatic amines is 1. The van der Waals surface area contributed by atoms with Gasteiger partial charge in [-0.3, -0.25) is 9.59 Å². The summed E-state index contributed by atoms with van der Waals surface area (Å²) in [5, 5.41) is 6.10. The van der Waals surface area contributed by atoms with Crippen molar-refractivity contribution in [1.82, 2.24) is 10.3 Å². The monoisotopic (exact) mass is 215 g/mol. The van der Waals surface area contributed by atoms with Crippen LogP contribution in [0.4, 0.5) is 5.69 Å². The summed E-state index contributed by atoms with van der Waals surface area (Å²) in [4.78, 5) is 26.1. The third-order valence-electron chi connectivity index (χ3n) is 2.61. The molecule has 1 aliphatic heterocycles. The number of carbonyl (C=O) groups is 2. The van der Waals surface area contributed by atoms with Crippen molar-refractivity contribution in [2.24, 2.45) is 0 Å². The molecule has 2 aromatic rings. The van der Waals surface area contributed by atoms with Gasteiger partial charge in [0.2, 0.25) is 5.91 Å². The molecule has 5 nitrogen and oxygen atoms in total. The highest BCUT2D eigenvalue weighted by Gasteiger charge is 2.22. The van der Waals surface area contributed by atoms with Crippen LogP contribution < -0.4 is 10.6 Å². The van der Waals surface area contributed by atoms with Crippen molar-refractivity contribution < 1.29 is 9.59 Å². The summed E-state index contributed by atoms with van der Waals surface area (Å²) in [5.41, 5.74) is 1.81. The second kappa shape index (κ2) is 3.10. The molecule has 2 amide bonds. The van der Waals surface area contributed by atoms with Crippen LogP contribution in [0.5, 0.6) is 0 Å². The smallest absolute Gasteiger partial charge is 0.270 e. The molecule has 1 aromatic carbocycles. The molecule has 3 rings (SSSR count). The standard InChI is InChI=1S/C11H9N3O2/c15-8-5-12-11(16)10-9(14-8)6-3-1-2-4-7(6)13-10/h1-4,13H,5H2,(H,12,16)(H,14,15). The lowest BCUT2D eigenvalue weighted by Gasteiger charge is -1.99. The first-order valence-electron chi connectivity index (χ1n) is 4.94. The third kappa shape index (κ3) is 1.18. The fourth-order valence-electron chi connectivity index (χ4n) is 1.87. The van der Waals surface area contributed by atoms with E-state index in [1.165, 1.54) is 0 Å². The SMILES string of the molecule is O=C1CNC(=O)c2[nH]c3ccccc3c2N1. The molecule has 3 N–H and O–H groups in total. The number of hydrogen-bond acceptors (Lipinski definition) is 2. The average Bonchev–Trinajstić information content (AvgIpc) is 2.59. The Morgan fingerprint density at radius 3 is 2.81 bits per heavy atom. The summed E-state index contributed by atoms with van der Waals surface area (Å²) in [7, 11) is 0. The van der Waals surface area contributed by atoms with Gasteiger partial charge in [0, 0.05) is 10.9 Å². The molecule has 0 spiro atoms. The largest absolute Gasteiger partial charge is 0.349 e. The highest BCUT2D eigenvalue weighted by atomic mass is 16.2. The quantitative estimate of drug-likeness (QED) is 0.609. The van der Waals surface area contributed by atoms with Crippen molar-refractivity contribution >= 4 is 28.4 Å². The van der Waals surface area contributed by atoms with Crippen LogP contribution in [0.3, 0.4) is 0 Å². The van der Waals surface area contributed by atoms with Gasteiger partial charge in [0.1, 0.15) is 5.69 Å².